The molecule has 0 saturated heterocycles. The van der Waals surface area contributed by atoms with E-state index in [1.54, 1.807) is 0 Å². The van der Waals surface area contributed by atoms with Gasteiger partial charge in [-0.15, -0.1) is 0 Å². The lowest BCUT2D eigenvalue weighted by atomic mass is 10.0. The number of carbonyl (C=O) groups excluding carboxylic acids is 1. The lowest BCUT2D eigenvalue weighted by Crippen LogP contribution is -2.22. The van der Waals surface area contributed by atoms with Crippen molar-refractivity contribution in [2.24, 2.45) is 0 Å². The largest absolute Gasteiger partial charge is 0.463 e. The fraction of sp³-hybridized carbons (Fsp3) is 0.960. The molecule has 6 nitrogen and oxygen atoms in total. The van der Waals surface area contributed by atoms with Gasteiger partial charge in [-0.1, -0.05) is 122 Å². The quantitative estimate of drug-likeness (QED) is 0.0792. The SMILES string of the molecule is CCCCCCCCCCCCCCCCCCCCCC(=O)OCC(O)CP(=O)(O)O. The number of ether oxygens (including phenoxy) is 1. The van der Waals surface area contributed by atoms with Gasteiger partial charge in [0.2, 0.25) is 0 Å². The van der Waals surface area contributed by atoms with Gasteiger partial charge in [-0.25, -0.2) is 0 Å². The summed E-state index contributed by atoms with van der Waals surface area (Å²) >= 11 is 0. The Kier molecular flexibility index (Phi) is 22.1. The Hall–Kier alpha value is -0.420. The highest BCUT2D eigenvalue weighted by Gasteiger charge is 2.20. The molecule has 0 aliphatic heterocycles. The molecule has 0 aromatic carbocycles. The second kappa shape index (κ2) is 22.4. The molecule has 0 radical (unpaired) electrons. The van der Waals surface area contributed by atoms with Crippen LogP contribution in [-0.4, -0.2) is 39.7 Å². The lowest BCUT2D eigenvalue weighted by Gasteiger charge is -2.12. The zero-order valence-electron chi connectivity index (χ0n) is 20.6. The Morgan fingerprint density at radius 1 is 0.688 bits per heavy atom. The average Bonchev–Trinajstić information content (AvgIpc) is 2.72. The number of unbranched alkanes of at least 4 members (excludes halogenated alkanes) is 18. The normalized spacial score (nSPS) is 12.8. The van der Waals surface area contributed by atoms with Crippen molar-refractivity contribution in [2.45, 2.75) is 141 Å². The highest BCUT2D eigenvalue weighted by atomic mass is 31.2. The van der Waals surface area contributed by atoms with Gasteiger partial charge < -0.3 is 19.6 Å². The first-order valence-electron chi connectivity index (χ1n) is 13.2. The summed E-state index contributed by atoms with van der Waals surface area (Å²) in [5.74, 6) is -0.415. The van der Waals surface area contributed by atoms with Gasteiger partial charge in [0.25, 0.3) is 0 Å². The van der Waals surface area contributed by atoms with Crippen LogP contribution in [0.1, 0.15) is 135 Å². The standard InChI is InChI=1S/C25H51O6P/c1-2-3-4-5-6-7-8-9-10-11-12-13-14-15-16-17-18-19-20-21-25(27)31-22-24(26)23-32(28,29)30/h24,26H,2-23H2,1H3,(H2,28,29,30). The Balaban J connectivity index is 3.23. The fourth-order valence-electron chi connectivity index (χ4n) is 3.94. The summed E-state index contributed by atoms with van der Waals surface area (Å²) in [5.41, 5.74) is 0. The number of rotatable bonds is 24. The molecule has 0 aliphatic carbocycles. The van der Waals surface area contributed by atoms with Crippen molar-refractivity contribution in [1.82, 2.24) is 0 Å². The zero-order valence-corrected chi connectivity index (χ0v) is 21.5. The van der Waals surface area contributed by atoms with Gasteiger partial charge in [-0.2, -0.15) is 0 Å². The molecule has 0 aliphatic rings. The fourth-order valence-corrected chi connectivity index (χ4v) is 4.59. The number of hydrogen-bond donors (Lipinski definition) is 3. The molecule has 0 saturated carbocycles. The van der Waals surface area contributed by atoms with E-state index in [1.807, 2.05) is 0 Å². The lowest BCUT2D eigenvalue weighted by molar-refractivity contribution is -0.146. The maximum Gasteiger partial charge on any atom is 0.328 e. The molecule has 0 fully saturated rings. The van der Waals surface area contributed by atoms with E-state index in [4.69, 9.17) is 14.5 Å². The van der Waals surface area contributed by atoms with E-state index in [-0.39, 0.29) is 6.61 Å². The van der Waals surface area contributed by atoms with Gasteiger partial charge in [-0.3, -0.25) is 9.36 Å². The molecule has 1 atom stereocenters. The number of hydrogen-bond acceptors (Lipinski definition) is 4. The maximum atomic E-state index is 11.6. The maximum absolute atomic E-state index is 11.6. The van der Waals surface area contributed by atoms with E-state index in [0.29, 0.717) is 6.42 Å². The summed E-state index contributed by atoms with van der Waals surface area (Å²) in [6, 6.07) is 0. The van der Waals surface area contributed by atoms with Crippen LogP contribution in [0.3, 0.4) is 0 Å². The second-order valence-electron chi connectivity index (χ2n) is 9.30. The summed E-state index contributed by atoms with van der Waals surface area (Å²) in [7, 11) is -4.28. The van der Waals surface area contributed by atoms with E-state index in [1.165, 1.54) is 103 Å². The Labute approximate surface area is 197 Å². The molecule has 0 rings (SSSR count). The summed E-state index contributed by atoms with van der Waals surface area (Å²) in [5, 5.41) is 9.40. The third kappa shape index (κ3) is 25.8. The molecule has 0 bridgehead atoms. The first kappa shape index (κ1) is 31.6. The summed E-state index contributed by atoms with van der Waals surface area (Å²) in [4.78, 5) is 29.1. The van der Waals surface area contributed by atoms with Gasteiger partial charge in [0.1, 0.15) is 6.61 Å². The predicted molar refractivity (Wildman–Crippen MR) is 132 cm³/mol. The van der Waals surface area contributed by atoms with Gasteiger partial charge in [0.05, 0.1) is 12.3 Å². The molecule has 0 aromatic heterocycles. The van der Waals surface area contributed by atoms with E-state index in [0.717, 1.165) is 19.3 Å². The molecule has 3 N–H and O–H groups in total. The van der Waals surface area contributed by atoms with Crippen molar-refractivity contribution >= 4 is 13.6 Å². The summed E-state index contributed by atoms with van der Waals surface area (Å²) in [6.07, 6.45) is 23.0. The summed E-state index contributed by atoms with van der Waals surface area (Å²) < 4.78 is 15.6. The van der Waals surface area contributed by atoms with E-state index >= 15 is 0 Å². The number of aliphatic hydroxyl groups excluding tert-OH is 1. The monoisotopic (exact) mass is 478 g/mol. The van der Waals surface area contributed by atoms with Gasteiger partial charge in [-0.05, 0) is 6.42 Å². The smallest absolute Gasteiger partial charge is 0.328 e. The first-order chi connectivity index (χ1) is 15.3. The molecule has 0 heterocycles. The van der Waals surface area contributed by atoms with Crippen LogP contribution in [0.2, 0.25) is 0 Å². The van der Waals surface area contributed by atoms with Gasteiger partial charge in [0, 0.05) is 6.42 Å². The number of esters is 1. The second-order valence-corrected chi connectivity index (χ2v) is 11.0. The molecule has 0 aromatic rings. The zero-order chi connectivity index (χ0) is 23.9. The Morgan fingerprint density at radius 2 is 1.03 bits per heavy atom. The van der Waals surface area contributed by atoms with E-state index in [2.05, 4.69) is 6.92 Å². The minimum absolute atomic E-state index is 0.293. The predicted octanol–water partition coefficient (Wildman–Crippen LogP) is 6.89. The minimum Gasteiger partial charge on any atom is -0.463 e. The average molecular weight is 479 g/mol. The van der Waals surface area contributed by atoms with Crippen LogP contribution < -0.4 is 0 Å². The van der Waals surface area contributed by atoms with Crippen LogP contribution in [-0.2, 0) is 14.1 Å². The van der Waals surface area contributed by atoms with E-state index in [9.17, 15) is 14.5 Å². The third-order valence-electron chi connectivity index (χ3n) is 5.87. The molecule has 7 heteroatoms. The molecule has 0 spiro atoms. The molecule has 1 unspecified atom stereocenters. The van der Waals surface area contributed by atoms with Crippen LogP contribution in [0, 0.1) is 0 Å². The molecule has 192 valence electrons. The molecule has 32 heavy (non-hydrogen) atoms. The number of aliphatic hydroxyl groups is 1. The van der Waals surface area contributed by atoms with Crippen LogP contribution in [0.4, 0.5) is 0 Å². The van der Waals surface area contributed by atoms with Gasteiger partial charge in [0.15, 0.2) is 0 Å². The summed E-state index contributed by atoms with van der Waals surface area (Å²) in [6.45, 7) is 1.91. The van der Waals surface area contributed by atoms with Crippen molar-refractivity contribution < 1.29 is 29.0 Å². The highest BCUT2D eigenvalue weighted by molar-refractivity contribution is 7.51. The van der Waals surface area contributed by atoms with Crippen LogP contribution in [0.25, 0.3) is 0 Å². The van der Waals surface area contributed by atoms with Gasteiger partial charge >= 0.3 is 13.6 Å². The molecular weight excluding hydrogens is 427 g/mol. The topological polar surface area (TPSA) is 104 Å². The van der Waals surface area contributed by atoms with Crippen LogP contribution >= 0.6 is 7.60 Å². The minimum atomic E-state index is -4.28. The van der Waals surface area contributed by atoms with Crippen molar-refractivity contribution in [1.29, 1.82) is 0 Å². The Morgan fingerprint density at radius 3 is 1.38 bits per heavy atom. The highest BCUT2D eigenvalue weighted by Crippen LogP contribution is 2.34. The van der Waals surface area contributed by atoms with Crippen molar-refractivity contribution in [3.63, 3.8) is 0 Å². The first-order valence-corrected chi connectivity index (χ1v) is 15.0. The number of carbonyl (C=O) groups is 1. The molecular formula is C25H51O6P. The van der Waals surface area contributed by atoms with Crippen LogP contribution in [0.5, 0.6) is 0 Å². The van der Waals surface area contributed by atoms with Crippen molar-refractivity contribution in [3.8, 4) is 0 Å². The van der Waals surface area contributed by atoms with Crippen LogP contribution in [0.15, 0.2) is 0 Å². The van der Waals surface area contributed by atoms with Crippen molar-refractivity contribution in [2.75, 3.05) is 12.8 Å². The third-order valence-corrected chi connectivity index (χ3v) is 6.77. The Bertz CT molecular complexity index is 465. The van der Waals surface area contributed by atoms with Crippen molar-refractivity contribution in [3.05, 3.63) is 0 Å². The molecule has 0 amide bonds. The van der Waals surface area contributed by atoms with E-state index < -0.39 is 25.8 Å².